The van der Waals surface area contributed by atoms with Crippen LogP contribution in [-0.2, 0) is 13.1 Å². The third kappa shape index (κ3) is 5.59. The molecule has 31 heavy (non-hydrogen) atoms. The van der Waals surface area contributed by atoms with E-state index in [1.807, 2.05) is 0 Å². The van der Waals surface area contributed by atoms with E-state index in [2.05, 4.69) is 15.0 Å². The fourth-order valence-corrected chi connectivity index (χ4v) is 2.70. The molecular formula is C20H15F4N3O4. The Kier molecular flexibility index (Phi) is 6.23. The predicted molar refractivity (Wildman–Crippen MR) is 101 cm³/mol. The summed E-state index contributed by atoms with van der Waals surface area (Å²) in [6.07, 6.45) is -3.87. The van der Waals surface area contributed by atoms with Gasteiger partial charge in [-0.2, -0.15) is 0 Å². The van der Waals surface area contributed by atoms with Crippen molar-refractivity contribution in [3.8, 4) is 5.75 Å². The van der Waals surface area contributed by atoms with Crippen LogP contribution in [0.4, 0.5) is 17.6 Å². The smallest absolute Gasteiger partial charge is 0.406 e. The normalized spacial score (nSPS) is 11.2. The van der Waals surface area contributed by atoms with Crippen LogP contribution < -0.4 is 21.3 Å². The molecule has 0 unspecified atom stereocenters. The number of hydrogen-bond donors (Lipinski definition) is 2. The number of nitrogens with one attached hydrogen (secondary N) is 2. The fourth-order valence-electron chi connectivity index (χ4n) is 2.70. The molecule has 0 aliphatic carbocycles. The Morgan fingerprint density at radius 1 is 1.06 bits per heavy atom. The summed E-state index contributed by atoms with van der Waals surface area (Å²) in [6, 6.07) is 10.4. The van der Waals surface area contributed by atoms with Gasteiger partial charge in [-0.25, -0.2) is 9.18 Å². The molecule has 0 aliphatic rings. The molecular weight excluding hydrogens is 422 g/mol. The second-order valence-electron chi connectivity index (χ2n) is 6.36. The Balaban J connectivity index is 1.73. The van der Waals surface area contributed by atoms with Crippen molar-refractivity contribution >= 4 is 5.91 Å². The van der Waals surface area contributed by atoms with Crippen molar-refractivity contribution in [2.45, 2.75) is 19.5 Å². The van der Waals surface area contributed by atoms with Gasteiger partial charge in [-0.05, 0) is 23.8 Å². The van der Waals surface area contributed by atoms with Crippen LogP contribution in [0, 0.1) is 5.82 Å². The Hall–Kier alpha value is -3.89. The van der Waals surface area contributed by atoms with Gasteiger partial charge in [-0.15, -0.1) is 13.2 Å². The molecule has 2 N–H and O–H groups in total. The lowest BCUT2D eigenvalue weighted by Gasteiger charge is -2.10. The summed E-state index contributed by atoms with van der Waals surface area (Å²) in [5.41, 5.74) is -1.58. The number of nitrogens with zero attached hydrogens (tertiary/aromatic N) is 1. The summed E-state index contributed by atoms with van der Waals surface area (Å²) in [4.78, 5) is 39.2. The number of rotatable bonds is 6. The van der Waals surface area contributed by atoms with Crippen LogP contribution in [0.1, 0.15) is 21.5 Å². The molecule has 0 atom stereocenters. The number of benzene rings is 2. The van der Waals surface area contributed by atoms with E-state index in [1.165, 1.54) is 30.3 Å². The Morgan fingerprint density at radius 2 is 1.74 bits per heavy atom. The third-order valence-corrected chi connectivity index (χ3v) is 4.20. The van der Waals surface area contributed by atoms with E-state index in [9.17, 15) is 31.9 Å². The van der Waals surface area contributed by atoms with Gasteiger partial charge in [0.1, 0.15) is 17.1 Å². The van der Waals surface area contributed by atoms with Crippen LogP contribution in [0.5, 0.6) is 5.75 Å². The Labute approximate surface area is 171 Å². The number of alkyl halides is 3. The molecule has 0 radical (unpaired) electrons. The van der Waals surface area contributed by atoms with Gasteiger partial charge in [0, 0.05) is 18.3 Å². The van der Waals surface area contributed by atoms with Crippen LogP contribution in [0.15, 0.2) is 64.3 Å². The lowest BCUT2D eigenvalue weighted by Crippen LogP contribution is -2.40. The topological polar surface area (TPSA) is 93.2 Å². The number of halogens is 4. The summed E-state index contributed by atoms with van der Waals surface area (Å²) in [5.74, 6) is -1.85. The zero-order valence-electron chi connectivity index (χ0n) is 15.7. The number of H-pyrrole nitrogens is 1. The van der Waals surface area contributed by atoms with Gasteiger partial charge < -0.3 is 15.0 Å². The van der Waals surface area contributed by atoms with Crippen LogP contribution in [-0.4, -0.2) is 21.8 Å². The molecule has 0 saturated heterocycles. The lowest BCUT2D eigenvalue weighted by molar-refractivity contribution is -0.274. The molecule has 0 spiro atoms. The first-order valence-corrected chi connectivity index (χ1v) is 8.83. The molecule has 11 heteroatoms. The minimum absolute atomic E-state index is 0.0915. The summed E-state index contributed by atoms with van der Waals surface area (Å²) < 4.78 is 54.9. The van der Waals surface area contributed by atoms with Gasteiger partial charge in [0.05, 0.1) is 6.54 Å². The molecule has 0 aliphatic heterocycles. The molecule has 0 fully saturated rings. The number of aromatic amines is 1. The maximum Gasteiger partial charge on any atom is 0.573 e. The van der Waals surface area contributed by atoms with Gasteiger partial charge in [0.2, 0.25) is 0 Å². The summed E-state index contributed by atoms with van der Waals surface area (Å²) in [6.45, 7) is -0.473. The summed E-state index contributed by atoms with van der Waals surface area (Å²) in [5, 5.41) is 2.43. The molecule has 2 aromatic carbocycles. The monoisotopic (exact) mass is 437 g/mol. The second kappa shape index (κ2) is 8.86. The highest BCUT2D eigenvalue weighted by Crippen LogP contribution is 2.22. The first-order chi connectivity index (χ1) is 14.6. The van der Waals surface area contributed by atoms with Crippen LogP contribution in [0.3, 0.4) is 0 Å². The van der Waals surface area contributed by atoms with Crippen molar-refractivity contribution in [1.29, 1.82) is 0 Å². The predicted octanol–water partition coefficient (Wildman–Crippen LogP) is 2.55. The second-order valence-corrected chi connectivity index (χ2v) is 6.36. The van der Waals surface area contributed by atoms with Crippen LogP contribution in [0.2, 0.25) is 0 Å². The largest absolute Gasteiger partial charge is 0.573 e. The third-order valence-electron chi connectivity index (χ3n) is 4.20. The van der Waals surface area contributed by atoms with Crippen LogP contribution in [0.25, 0.3) is 0 Å². The van der Waals surface area contributed by atoms with E-state index in [0.29, 0.717) is 10.1 Å². The number of carbonyl (C=O) groups excluding carboxylic acids is 1. The zero-order valence-corrected chi connectivity index (χ0v) is 15.7. The molecule has 1 amide bonds. The van der Waals surface area contributed by atoms with Crippen molar-refractivity contribution in [1.82, 2.24) is 14.9 Å². The van der Waals surface area contributed by atoms with E-state index >= 15 is 0 Å². The first-order valence-electron chi connectivity index (χ1n) is 8.83. The van der Waals surface area contributed by atoms with Crippen molar-refractivity contribution in [3.63, 3.8) is 0 Å². The van der Waals surface area contributed by atoms with E-state index in [1.54, 1.807) is 6.07 Å². The quantitative estimate of drug-likeness (QED) is 0.580. The average Bonchev–Trinajstić information content (AvgIpc) is 2.70. The van der Waals surface area contributed by atoms with Crippen molar-refractivity contribution in [2.75, 3.05) is 0 Å². The van der Waals surface area contributed by atoms with E-state index in [-0.39, 0.29) is 24.2 Å². The average molecular weight is 437 g/mol. The number of ether oxygens (including phenoxy) is 1. The molecule has 3 rings (SSSR count). The van der Waals surface area contributed by atoms with Gasteiger partial charge in [-0.1, -0.05) is 30.3 Å². The van der Waals surface area contributed by atoms with Crippen molar-refractivity contribution in [3.05, 3.63) is 98.1 Å². The van der Waals surface area contributed by atoms with E-state index < -0.39 is 35.1 Å². The molecule has 0 bridgehead atoms. The standard InChI is InChI=1S/C20H15F4N3O4/c21-16-4-2-1-3-13(16)11-27-18(29)15(10-26-19(27)30)17(28)25-9-12-5-7-14(8-6-12)31-20(22,23)24/h1-8,10H,9,11H2,(H,25,28)(H,26,30). The highest BCUT2D eigenvalue weighted by atomic mass is 19.4. The molecule has 1 heterocycles. The summed E-state index contributed by atoms with van der Waals surface area (Å²) in [7, 11) is 0. The van der Waals surface area contributed by atoms with Gasteiger partial charge in [0.25, 0.3) is 11.5 Å². The van der Waals surface area contributed by atoms with Crippen molar-refractivity contribution < 1.29 is 27.1 Å². The van der Waals surface area contributed by atoms with Gasteiger partial charge in [0.15, 0.2) is 0 Å². The molecule has 7 nitrogen and oxygen atoms in total. The highest BCUT2D eigenvalue weighted by Gasteiger charge is 2.30. The van der Waals surface area contributed by atoms with Gasteiger partial charge >= 0.3 is 12.1 Å². The summed E-state index contributed by atoms with van der Waals surface area (Å²) >= 11 is 0. The minimum Gasteiger partial charge on any atom is -0.406 e. The SMILES string of the molecule is O=C(NCc1ccc(OC(F)(F)F)cc1)c1c[nH]c(=O)n(Cc2ccccc2F)c1=O. The van der Waals surface area contributed by atoms with E-state index in [0.717, 1.165) is 18.3 Å². The Morgan fingerprint density at radius 3 is 2.39 bits per heavy atom. The van der Waals surface area contributed by atoms with E-state index in [4.69, 9.17) is 0 Å². The fraction of sp³-hybridized carbons (Fsp3) is 0.150. The number of hydrogen-bond acceptors (Lipinski definition) is 4. The van der Waals surface area contributed by atoms with Crippen molar-refractivity contribution in [2.24, 2.45) is 0 Å². The maximum absolute atomic E-state index is 13.8. The minimum atomic E-state index is -4.82. The highest BCUT2D eigenvalue weighted by molar-refractivity contribution is 5.93. The van der Waals surface area contributed by atoms with Gasteiger partial charge in [-0.3, -0.25) is 14.2 Å². The maximum atomic E-state index is 13.8. The molecule has 3 aromatic rings. The number of aromatic nitrogens is 2. The molecule has 1 aromatic heterocycles. The molecule has 162 valence electrons. The number of amides is 1. The Bertz CT molecular complexity index is 1200. The lowest BCUT2D eigenvalue weighted by atomic mass is 10.2. The molecule has 0 saturated carbocycles. The number of carbonyl (C=O) groups is 1. The first kappa shape index (κ1) is 21.8. The van der Waals surface area contributed by atoms with Crippen LogP contribution >= 0.6 is 0 Å². The zero-order chi connectivity index (χ0) is 22.6.